The minimum absolute atomic E-state index is 0.0674. The number of hydrogen-bond donors (Lipinski definition) is 1. The number of aliphatic hydroxyl groups is 1. The van der Waals surface area contributed by atoms with Crippen LogP contribution in [0.1, 0.15) is 47.0 Å². The zero-order valence-corrected chi connectivity index (χ0v) is 11.5. The summed E-state index contributed by atoms with van der Waals surface area (Å²) in [6.07, 6.45) is 2.31. The fourth-order valence-corrected chi connectivity index (χ4v) is 3.04. The standard InChI is InChI=1S/C14H26O3/c1-5-17-14(16)13(15)12-8-10(4)6-7-11(12)9(2)3/h9-13,15H,5-8H2,1-4H3. The lowest BCUT2D eigenvalue weighted by Crippen LogP contribution is -2.41. The van der Waals surface area contributed by atoms with Crippen LogP contribution in [0, 0.1) is 23.7 Å². The van der Waals surface area contributed by atoms with E-state index in [0.717, 1.165) is 12.8 Å². The molecule has 100 valence electrons. The Bertz CT molecular complexity index is 250. The normalized spacial score (nSPS) is 31.3. The highest BCUT2D eigenvalue weighted by molar-refractivity contribution is 5.74. The second-order valence-corrected chi connectivity index (χ2v) is 5.69. The predicted molar refractivity (Wildman–Crippen MR) is 67.5 cm³/mol. The molecule has 0 amide bonds. The predicted octanol–water partition coefficient (Wildman–Crippen LogP) is 2.62. The van der Waals surface area contributed by atoms with Crippen molar-refractivity contribution in [3.8, 4) is 0 Å². The van der Waals surface area contributed by atoms with Crippen LogP contribution < -0.4 is 0 Å². The SMILES string of the molecule is CCOC(=O)C(O)C1CC(C)CCC1C(C)C. The number of aliphatic hydroxyl groups excluding tert-OH is 1. The molecule has 0 radical (unpaired) electrons. The lowest BCUT2D eigenvalue weighted by atomic mass is 9.68. The minimum Gasteiger partial charge on any atom is -0.464 e. The number of rotatable bonds is 4. The van der Waals surface area contributed by atoms with E-state index in [1.807, 2.05) is 0 Å². The Morgan fingerprint density at radius 2 is 2.00 bits per heavy atom. The average molecular weight is 242 g/mol. The van der Waals surface area contributed by atoms with E-state index in [1.165, 1.54) is 6.42 Å². The van der Waals surface area contributed by atoms with Crippen LogP contribution in [0.5, 0.6) is 0 Å². The summed E-state index contributed by atoms with van der Waals surface area (Å²) in [5.74, 6) is 1.16. The zero-order valence-electron chi connectivity index (χ0n) is 11.5. The third-order valence-corrected chi connectivity index (χ3v) is 4.01. The highest BCUT2D eigenvalue weighted by Crippen LogP contribution is 2.39. The lowest BCUT2D eigenvalue weighted by Gasteiger charge is -2.39. The Morgan fingerprint density at radius 3 is 2.53 bits per heavy atom. The third-order valence-electron chi connectivity index (χ3n) is 4.01. The summed E-state index contributed by atoms with van der Waals surface area (Å²) in [5, 5.41) is 10.1. The molecular weight excluding hydrogens is 216 g/mol. The van der Waals surface area contributed by atoms with E-state index >= 15 is 0 Å². The van der Waals surface area contributed by atoms with Gasteiger partial charge < -0.3 is 9.84 Å². The molecular formula is C14H26O3. The van der Waals surface area contributed by atoms with Crippen molar-refractivity contribution in [1.82, 2.24) is 0 Å². The van der Waals surface area contributed by atoms with Crippen molar-refractivity contribution in [1.29, 1.82) is 0 Å². The highest BCUT2D eigenvalue weighted by Gasteiger charge is 2.38. The number of esters is 1. The van der Waals surface area contributed by atoms with Gasteiger partial charge in [-0.2, -0.15) is 0 Å². The summed E-state index contributed by atoms with van der Waals surface area (Å²) >= 11 is 0. The van der Waals surface area contributed by atoms with Crippen molar-refractivity contribution in [3.05, 3.63) is 0 Å². The molecule has 0 aromatic carbocycles. The van der Waals surface area contributed by atoms with Crippen LogP contribution in [0.25, 0.3) is 0 Å². The second-order valence-electron chi connectivity index (χ2n) is 5.69. The van der Waals surface area contributed by atoms with Crippen molar-refractivity contribution in [2.45, 2.75) is 53.1 Å². The Kier molecular flexibility index (Phi) is 5.44. The molecule has 0 spiro atoms. The molecule has 0 saturated heterocycles. The highest BCUT2D eigenvalue weighted by atomic mass is 16.5. The fraction of sp³-hybridized carbons (Fsp3) is 0.929. The monoisotopic (exact) mass is 242 g/mol. The van der Waals surface area contributed by atoms with E-state index in [1.54, 1.807) is 6.92 Å². The number of carbonyl (C=O) groups is 1. The van der Waals surface area contributed by atoms with Crippen molar-refractivity contribution in [3.63, 3.8) is 0 Å². The molecule has 17 heavy (non-hydrogen) atoms. The van der Waals surface area contributed by atoms with Crippen molar-refractivity contribution in [2.75, 3.05) is 6.61 Å². The maximum Gasteiger partial charge on any atom is 0.335 e. The van der Waals surface area contributed by atoms with Gasteiger partial charge in [-0.1, -0.05) is 27.2 Å². The maximum absolute atomic E-state index is 11.6. The molecule has 0 aliphatic heterocycles. The Balaban J connectivity index is 2.71. The average Bonchev–Trinajstić information content (AvgIpc) is 2.27. The second kappa shape index (κ2) is 6.39. The first-order valence-corrected chi connectivity index (χ1v) is 6.82. The van der Waals surface area contributed by atoms with Gasteiger partial charge >= 0.3 is 5.97 Å². The Labute approximate surface area is 105 Å². The van der Waals surface area contributed by atoms with Gasteiger partial charge in [-0.25, -0.2) is 4.79 Å². The molecule has 1 aliphatic carbocycles. The zero-order chi connectivity index (χ0) is 13.0. The van der Waals surface area contributed by atoms with Gasteiger partial charge in [0.1, 0.15) is 0 Å². The van der Waals surface area contributed by atoms with E-state index < -0.39 is 12.1 Å². The molecule has 3 heteroatoms. The van der Waals surface area contributed by atoms with Crippen LogP contribution in [-0.4, -0.2) is 23.8 Å². The minimum atomic E-state index is -0.940. The molecule has 0 bridgehead atoms. The van der Waals surface area contributed by atoms with Gasteiger partial charge in [0.15, 0.2) is 6.10 Å². The van der Waals surface area contributed by atoms with E-state index in [2.05, 4.69) is 20.8 Å². The van der Waals surface area contributed by atoms with Gasteiger partial charge in [-0.3, -0.25) is 0 Å². The van der Waals surface area contributed by atoms with E-state index in [0.29, 0.717) is 24.4 Å². The van der Waals surface area contributed by atoms with Crippen molar-refractivity contribution >= 4 is 5.97 Å². The van der Waals surface area contributed by atoms with Crippen LogP contribution in [0.2, 0.25) is 0 Å². The molecule has 3 nitrogen and oxygen atoms in total. The molecule has 1 rings (SSSR count). The molecule has 0 aromatic rings. The van der Waals surface area contributed by atoms with Crippen LogP contribution in [0.4, 0.5) is 0 Å². The molecule has 0 aromatic heterocycles. The largest absolute Gasteiger partial charge is 0.464 e. The molecule has 4 atom stereocenters. The maximum atomic E-state index is 11.6. The van der Waals surface area contributed by atoms with Crippen LogP contribution >= 0.6 is 0 Å². The van der Waals surface area contributed by atoms with Gasteiger partial charge in [-0.05, 0) is 43.4 Å². The summed E-state index contributed by atoms with van der Waals surface area (Å²) in [5.41, 5.74) is 0. The van der Waals surface area contributed by atoms with Crippen molar-refractivity contribution in [2.24, 2.45) is 23.7 Å². The fourth-order valence-electron chi connectivity index (χ4n) is 3.04. The summed E-state index contributed by atoms with van der Waals surface area (Å²) < 4.78 is 4.93. The Hall–Kier alpha value is -0.570. The van der Waals surface area contributed by atoms with Crippen molar-refractivity contribution < 1.29 is 14.6 Å². The summed E-state index contributed by atoms with van der Waals surface area (Å²) in [6.45, 7) is 8.65. The number of hydrogen-bond acceptors (Lipinski definition) is 3. The lowest BCUT2D eigenvalue weighted by molar-refractivity contribution is -0.159. The molecule has 1 aliphatic rings. The summed E-state index contributed by atoms with van der Waals surface area (Å²) in [6, 6.07) is 0. The molecule has 1 N–H and O–H groups in total. The summed E-state index contributed by atoms with van der Waals surface area (Å²) in [7, 11) is 0. The molecule has 0 heterocycles. The first-order valence-electron chi connectivity index (χ1n) is 6.82. The topological polar surface area (TPSA) is 46.5 Å². The van der Waals surface area contributed by atoms with Gasteiger partial charge in [0.25, 0.3) is 0 Å². The smallest absolute Gasteiger partial charge is 0.335 e. The van der Waals surface area contributed by atoms with Gasteiger partial charge in [-0.15, -0.1) is 0 Å². The van der Waals surface area contributed by atoms with E-state index in [4.69, 9.17) is 4.74 Å². The van der Waals surface area contributed by atoms with Crippen LogP contribution in [0.15, 0.2) is 0 Å². The van der Waals surface area contributed by atoms with Gasteiger partial charge in [0, 0.05) is 0 Å². The molecule has 1 saturated carbocycles. The van der Waals surface area contributed by atoms with E-state index in [-0.39, 0.29) is 5.92 Å². The number of carbonyl (C=O) groups excluding carboxylic acids is 1. The molecule has 1 fully saturated rings. The Morgan fingerprint density at radius 1 is 1.35 bits per heavy atom. The quantitative estimate of drug-likeness (QED) is 0.771. The third kappa shape index (κ3) is 3.70. The van der Waals surface area contributed by atoms with E-state index in [9.17, 15) is 9.90 Å². The van der Waals surface area contributed by atoms with Crippen LogP contribution in [-0.2, 0) is 9.53 Å². The molecule has 4 unspecified atom stereocenters. The first kappa shape index (κ1) is 14.5. The number of ether oxygens (including phenoxy) is 1. The first-order chi connectivity index (χ1) is 7.97. The van der Waals surface area contributed by atoms with Crippen LogP contribution in [0.3, 0.4) is 0 Å². The summed E-state index contributed by atoms with van der Waals surface area (Å²) in [4.78, 5) is 11.6. The van der Waals surface area contributed by atoms with Gasteiger partial charge in [0.05, 0.1) is 6.61 Å². The van der Waals surface area contributed by atoms with Gasteiger partial charge in [0.2, 0.25) is 0 Å².